The summed E-state index contributed by atoms with van der Waals surface area (Å²) < 4.78 is 10.0. The third-order valence-electron chi connectivity index (χ3n) is 3.26. The van der Waals surface area contributed by atoms with Crippen molar-refractivity contribution in [3.63, 3.8) is 0 Å². The van der Waals surface area contributed by atoms with Gasteiger partial charge in [-0.15, -0.1) is 0 Å². The van der Waals surface area contributed by atoms with Crippen LogP contribution in [0.5, 0.6) is 5.75 Å². The standard InChI is InChI=1S/C16H26N2O3/c1-13(18-12-16(19)17-10-11-20-2)4-5-14-6-8-15(21-3)9-7-14/h6-9,13,18H,4-5,10-12H2,1-3H3,(H,17,19). The first kappa shape index (κ1) is 17.5. The van der Waals surface area contributed by atoms with Gasteiger partial charge in [-0.3, -0.25) is 4.79 Å². The molecule has 2 N–H and O–H groups in total. The van der Waals surface area contributed by atoms with Gasteiger partial charge in [0.1, 0.15) is 5.75 Å². The molecule has 1 aromatic rings. The van der Waals surface area contributed by atoms with Crippen LogP contribution in [0.1, 0.15) is 18.9 Å². The Balaban J connectivity index is 2.18. The van der Waals surface area contributed by atoms with Crippen LogP contribution in [0.4, 0.5) is 0 Å². The average molecular weight is 294 g/mol. The van der Waals surface area contributed by atoms with Gasteiger partial charge in [-0.1, -0.05) is 12.1 Å². The molecule has 21 heavy (non-hydrogen) atoms. The van der Waals surface area contributed by atoms with Crippen molar-refractivity contribution in [2.75, 3.05) is 33.9 Å². The van der Waals surface area contributed by atoms with E-state index in [9.17, 15) is 4.79 Å². The lowest BCUT2D eigenvalue weighted by Crippen LogP contribution is -2.39. The zero-order valence-electron chi connectivity index (χ0n) is 13.1. The number of rotatable bonds is 10. The number of ether oxygens (including phenoxy) is 2. The third-order valence-corrected chi connectivity index (χ3v) is 3.26. The van der Waals surface area contributed by atoms with Crippen LogP contribution in [0.2, 0.25) is 0 Å². The van der Waals surface area contributed by atoms with E-state index in [-0.39, 0.29) is 5.91 Å². The van der Waals surface area contributed by atoms with Gasteiger partial charge in [-0.2, -0.15) is 0 Å². The van der Waals surface area contributed by atoms with Crippen molar-refractivity contribution >= 4 is 5.91 Å². The number of carbonyl (C=O) groups excluding carboxylic acids is 1. The molecule has 0 heterocycles. The number of carbonyl (C=O) groups is 1. The Kier molecular flexibility index (Phi) is 8.47. The number of benzene rings is 1. The molecule has 1 aromatic carbocycles. The average Bonchev–Trinajstić information content (AvgIpc) is 2.51. The van der Waals surface area contributed by atoms with Gasteiger partial charge in [-0.05, 0) is 37.5 Å². The third kappa shape index (κ3) is 7.68. The molecule has 0 aliphatic carbocycles. The van der Waals surface area contributed by atoms with Crippen molar-refractivity contribution in [3.05, 3.63) is 29.8 Å². The summed E-state index contributed by atoms with van der Waals surface area (Å²) in [6, 6.07) is 8.37. The van der Waals surface area contributed by atoms with E-state index in [2.05, 4.69) is 29.7 Å². The Hall–Kier alpha value is -1.59. The normalized spacial score (nSPS) is 12.0. The van der Waals surface area contributed by atoms with Crippen molar-refractivity contribution in [1.29, 1.82) is 0 Å². The molecule has 1 amide bonds. The number of methoxy groups -OCH3 is 2. The molecule has 1 unspecified atom stereocenters. The molecule has 118 valence electrons. The molecule has 0 saturated carbocycles. The SMILES string of the molecule is COCCNC(=O)CNC(C)CCc1ccc(OC)cc1. The van der Waals surface area contributed by atoms with E-state index >= 15 is 0 Å². The maximum atomic E-state index is 11.5. The van der Waals surface area contributed by atoms with Gasteiger partial charge >= 0.3 is 0 Å². The lowest BCUT2D eigenvalue weighted by molar-refractivity contribution is -0.120. The molecule has 0 fully saturated rings. The molecule has 5 nitrogen and oxygen atoms in total. The van der Waals surface area contributed by atoms with E-state index in [0.717, 1.165) is 18.6 Å². The number of hydrogen-bond acceptors (Lipinski definition) is 4. The summed E-state index contributed by atoms with van der Waals surface area (Å²) in [4.78, 5) is 11.5. The Morgan fingerprint density at radius 1 is 1.24 bits per heavy atom. The molecular weight excluding hydrogens is 268 g/mol. The second-order valence-corrected chi connectivity index (χ2v) is 5.01. The van der Waals surface area contributed by atoms with E-state index in [1.807, 2.05) is 12.1 Å². The minimum absolute atomic E-state index is 0.00310. The number of amides is 1. The molecule has 0 saturated heterocycles. The number of aryl methyl sites for hydroxylation is 1. The van der Waals surface area contributed by atoms with Gasteiger partial charge in [0.25, 0.3) is 0 Å². The topological polar surface area (TPSA) is 59.6 Å². The zero-order chi connectivity index (χ0) is 15.5. The molecule has 0 aromatic heterocycles. The zero-order valence-corrected chi connectivity index (χ0v) is 13.1. The monoisotopic (exact) mass is 294 g/mol. The highest BCUT2D eigenvalue weighted by Gasteiger charge is 2.05. The van der Waals surface area contributed by atoms with E-state index in [4.69, 9.17) is 9.47 Å². The lowest BCUT2D eigenvalue weighted by Gasteiger charge is -2.14. The lowest BCUT2D eigenvalue weighted by atomic mass is 10.1. The molecule has 0 aliphatic rings. The summed E-state index contributed by atoms with van der Waals surface area (Å²) in [5.74, 6) is 0.876. The first-order valence-corrected chi connectivity index (χ1v) is 7.27. The van der Waals surface area contributed by atoms with Gasteiger partial charge in [-0.25, -0.2) is 0 Å². The summed E-state index contributed by atoms with van der Waals surface area (Å²) in [7, 11) is 3.28. The summed E-state index contributed by atoms with van der Waals surface area (Å²) in [5, 5.41) is 6.01. The largest absolute Gasteiger partial charge is 0.497 e. The minimum Gasteiger partial charge on any atom is -0.497 e. The highest BCUT2D eigenvalue weighted by molar-refractivity contribution is 5.77. The second-order valence-electron chi connectivity index (χ2n) is 5.01. The molecule has 0 radical (unpaired) electrons. The highest BCUT2D eigenvalue weighted by atomic mass is 16.5. The highest BCUT2D eigenvalue weighted by Crippen LogP contribution is 2.13. The number of nitrogens with one attached hydrogen (secondary N) is 2. The van der Waals surface area contributed by atoms with Crippen molar-refractivity contribution in [1.82, 2.24) is 10.6 Å². The fourth-order valence-electron chi connectivity index (χ4n) is 1.90. The fraction of sp³-hybridized carbons (Fsp3) is 0.562. The van der Waals surface area contributed by atoms with E-state index < -0.39 is 0 Å². The summed E-state index contributed by atoms with van der Waals surface area (Å²) in [5.41, 5.74) is 1.27. The summed E-state index contributed by atoms with van der Waals surface area (Å²) in [6.45, 7) is 3.52. The van der Waals surface area contributed by atoms with Gasteiger partial charge in [0.15, 0.2) is 0 Å². The van der Waals surface area contributed by atoms with Gasteiger partial charge in [0.05, 0.1) is 20.3 Å². The quantitative estimate of drug-likeness (QED) is 0.640. The summed E-state index contributed by atoms with van der Waals surface area (Å²) in [6.07, 6.45) is 1.96. The van der Waals surface area contributed by atoms with Gasteiger partial charge in [0.2, 0.25) is 5.91 Å². The maximum absolute atomic E-state index is 11.5. The van der Waals surface area contributed by atoms with Crippen LogP contribution < -0.4 is 15.4 Å². The summed E-state index contributed by atoms with van der Waals surface area (Å²) >= 11 is 0. The van der Waals surface area contributed by atoms with Crippen LogP contribution in [0, 0.1) is 0 Å². The molecule has 0 aliphatic heterocycles. The fourth-order valence-corrected chi connectivity index (χ4v) is 1.90. The maximum Gasteiger partial charge on any atom is 0.234 e. The van der Waals surface area contributed by atoms with Crippen LogP contribution in [0.3, 0.4) is 0 Å². The number of hydrogen-bond donors (Lipinski definition) is 2. The predicted octanol–water partition coefficient (Wildman–Crippen LogP) is 1.37. The van der Waals surface area contributed by atoms with Crippen molar-refractivity contribution in [3.8, 4) is 5.75 Å². The van der Waals surface area contributed by atoms with Crippen LogP contribution in [0.25, 0.3) is 0 Å². The van der Waals surface area contributed by atoms with Crippen LogP contribution >= 0.6 is 0 Å². The first-order valence-electron chi connectivity index (χ1n) is 7.27. The minimum atomic E-state index is 0.00310. The van der Waals surface area contributed by atoms with Crippen molar-refractivity contribution < 1.29 is 14.3 Å². The van der Waals surface area contributed by atoms with E-state index in [1.165, 1.54) is 5.56 Å². The molecular formula is C16H26N2O3. The van der Waals surface area contributed by atoms with Crippen LogP contribution in [0.15, 0.2) is 24.3 Å². The first-order chi connectivity index (χ1) is 10.2. The van der Waals surface area contributed by atoms with Gasteiger partial charge in [0, 0.05) is 19.7 Å². The smallest absolute Gasteiger partial charge is 0.234 e. The van der Waals surface area contributed by atoms with Crippen molar-refractivity contribution in [2.24, 2.45) is 0 Å². The Morgan fingerprint density at radius 2 is 1.95 bits per heavy atom. The second kappa shape index (κ2) is 10.2. The molecule has 5 heteroatoms. The Labute approximate surface area is 127 Å². The Bertz CT molecular complexity index is 406. The van der Waals surface area contributed by atoms with E-state index in [0.29, 0.717) is 25.7 Å². The molecule has 0 spiro atoms. The van der Waals surface area contributed by atoms with Crippen LogP contribution in [-0.4, -0.2) is 45.9 Å². The molecule has 0 bridgehead atoms. The predicted molar refractivity (Wildman–Crippen MR) is 83.7 cm³/mol. The van der Waals surface area contributed by atoms with Crippen LogP contribution in [-0.2, 0) is 16.0 Å². The van der Waals surface area contributed by atoms with Crippen molar-refractivity contribution in [2.45, 2.75) is 25.8 Å². The molecule has 1 rings (SSSR count). The Morgan fingerprint density at radius 3 is 2.57 bits per heavy atom. The van der Waals surface area contributed by atoms with Gasteiger partial charge < -0.3 is 20.1 Å². The molecule has 1 atom stereocenters. The van der Waals surface area contributed by atoms with E-state index in [1.54, 1.807) is 14.2 Å².